The first-order chi connectivity index (χ1) is 13.8. The molecule has 6 heteroatoms. The Morgan fingerprint density at radius 1 is 0.793 bits per heavy atom. The molecule has 0 heterocycles. The van der Waals surface area contributed by atoms with Crippen LogP contribution in [0.1, 0.15) is 26.3 Å². The number of nitrogens with zero attached hydrogens (tertiary/aromatic N) is 2. The van der Waals surface area contributed by atoms with E-state index in [1.165, 1.54) is 0 Å². The highest BCUT2D eigenvalue weighted by Crippen LogP contribution is 2.29. The number of aryl methyl sites for hydroxylation is 1. The number of hydrogen-bond donors (Lipinski definition) is 2. The number of amides is 2. The second-order valence-corrected chi connectivity index (χ2v) is 7.72. The zero-order chi connectivity index (χ0) is 21.4. The molecule has 0 aliphatic rings. The van der Waals surface area contributed by atoms with E-state index >= 15 is 0 Å². The molecule has 29 heavy (non-hydrogen) atoms. The van der Waals surface area contributed by atoms with Crippen molar-refractivity contribution >= 4 is 11.8 Å². The Labute approximate surface area is 173 Å². The highest BCUT2D eigenvalue weighted by atomic mass is 16.2. The van der Waals surface area contributed by atoms with Crippen molar-refractivity contribution in [2.24, 2.45) is 0 Å². The highest BCUT2D eigenvalue weighted by Gasteiger charge is 2.20. The fourth-order valence-corrected chi connectivity index (χ4v) is 3.02. The topological polar surface area (TPSA) is 64.7 Å². The van der Waals surface area contributed by atoms with Crippen LogP contribution < -0.4 is 10.6 Å². The van der Waals surface area contributed by atoms with Crippen molar-refractivity contribution in [1.29, 1.82) is 0 Å². The van der Waals surface area contributed by atoms with Crippen molar-refractivity contribution in [3.8, 4) is 11.1 Å². The molecule has 0 unspecified atom stereocenters. The quantitative estimate of drug-likeness (QED) is 0.682. The summed E-state index contributed by atoms with van der Waals surface area (Å²) in [5, 5.41) is 5.92. The number of carbonyl (C=O) groups excluding carboxylic acids is 2. The Morgan fingerprint density at radius 3 is 1.72 bits per heavy atom. The molecular formula is C23H32N4O2. The van der Waals surface area contributed by atoms with Crippen LogP contribution in [-0.2, 0) is 0 Å². The number of nitrogens with one attached hydrogen (secondary N) is 2. The van der Waals surface area contributed by atoms with Crippen molar-refractivity contribution in [2.75, 3.05) is 54.4 Å². The van der Waals surface area contributed by atoms with E-state index in [2.05, 4.69) is 10.6 Å². The van der Waals surface area contributed by atoms with Crippen LogP contribution in [0.2, 0.25) is 0 Å². The molecule has 6 nitrogen and oxygen atoms in total. The first-order valence-corrected chi connectivity index (χ1v) is 9.85. The summed E-state index contributed by atoms with van der Waals surface area (Å²) in [6.45, 7) is 4.57. The summed E-state index contributed by atoms with van der Waals surface area (Å²) < 4.78 is 0. The van der Waals surface area contributed by atoms with Gasteiger partial charge in [-0.1, -0.05) is 35.9 Å². The molecule has 2 amide bonds. The van der Waals surface area contributed by atoms with Gasteiger partial charge in [0, 0.05) is 42.9 Å². The summed E-state index contributed by atoms with van der Waals surface area (Å²) in [6, 6.07) is 13.2. The molecule has 156 valence electrons. The van der Waals surface area contributed by atoms with Crippen molar-refractivity contribution in [2.45, 2.75) is 6.92 Å². The van der Waals surface area contributed by atoms with Crippen molar-refractivity contribution in [1.82, 2.24) is 20.4 Å². The molecule has 0 saturated carbocycles. The maximum Gasteiger partial charge on any atom is 0.251 e. The molecule has 0 atom stereocenters. The average molecular weight is 397 g/mol. The second kappa shape index (κ2) is 10.7. The Bertz CT molecular complexity index is 802. The zero-order valence-electron chi connectivity index (χ0n) is 18.1. The third-order valence-electron chi connectivity index (χ3n) is 4.55. The molecule has 2 aromatic rings. The van der Waals surface area contributed by atoms with Gasteiger partial charge in [0.15, 0.2) is 0 Å². The highest BCUT2D eigenvalue weighted by molar-refractivity contribution is 6.09. The summed E-state index contributed by atoms with van der Waals surface area (Å²) in [5.41, 5.74) is 3.62. The number of carbonyl (C=O) groups is 2. The van der Waals surface area contributed by atoms with Crippen molar-refractivity contribution in [3.05, 3.63) is 59.2 Å². The SMILES string of the molecule is Cc1cccc(-c2c(C(=O)NCCN(C)C)cccc2C(=O)NCCN(C)C)c1. The van der Waals surface area contributed by atoms with Crippen molar-refractivity contribution < 1.29 is 9.59 Å². The first kappa shape index (κ1) is 22.6. The van der Waals surface area contributed by atoms with Crippen LogP contribution in [0, 0.1) is 6.92 Å². The molecule has 2 N–H and O–H groups in total. The number of rotatable bonds is 9. The van der Waals surface area contributed by atoms with Crippen LogP contribution in [0.15, 0.2) is 42.5 Å². The van der Waals surface area contributed by atoms with Gasteiger partial charge in [-0.3, -0.25) is 9.59 Å². The van der Waals surface area contributed by atoms with Gasteiger partial charge in [0.05, 0.1) is 0 Å². The summed E-state index contributed by atoms with van der Waals surface area (Å²) >= 11 is 0. The predicted octanol–water partition coefficient (Wildman–Crippen LogP) is 2.24. The van der Waals surface area contributed by atoms with Gasteiger partial charge >= 0.3 is 0 Å². The smallest absolute Gasteiger partial charge is 0.251 e. The molecule has 0 bridgehead atoms. The number of benzene rings is 2. The molecule has 0 fully saturated rings. The summed E-state index contributed by atoms with van der Waals surface area (Å²) in [4.78, 5) is 29.9. The van der Waals surface area contributed by atoms with E-state index in [1.807, 2.05) is 69.2 Å². The molecule has 0 radical (unpaired) electrons. The lowest BCUT2D eigenvalue weighted by Gasteiger charge is -2.17. The lowest BCUT2D eigenvalue weighted by molar-refractivity contribution is 0.0950. The predicted molar refractivity (Wildman–Crippen MR) is 118 cm³/mol. The van der Waals surface area contributed by atoms with Crippen LogP contribution in [0.4, 0.5) is 0 Å². The second-order valence-electron chi connectivity index (χ2n) is 7.72. The average Bonchev–Trinajstić information content (AvgIpc) is 2.66. The number of hydrogen-bond acceptors (Lipinski definition) is 4. The fraction of sp³-hybridized carbons (Fsp3) is 0.391. The zero-order valence-corrected chi connectivity index (χ0v) is 18.1. The molecule has 0 aromatic heterocycles. The van der Waals surface area contributed by atoms with Crippen LogP contribution >= 0.6 is 0 Å². The van der Waals surface area contributed by atoms with Gasteiger partial charge in [-0.05, 0) is 52.8 Å². The standard InChI is InChI=1S/C23H32N4O2/c1-17-8-6-9-18(16-17)21-19(22(28)24-12-14-26(2)3)10-7-11-20(21)23(29)25-13-15-27(4)5/h6-11,16H,12-15H2,1-5H3,(H,24,28)(H,25,29). The van der Waals surface area contributed by atoms with Crippen LogP contribution in [0.3, 0.4) is 0 Å². The molecule has 0 aliphatic heterocycles. The molecule has 2 aromatic carbocycles. The van der Waals surface area contributed by atoms with E-state index < -0.39 is 0 Å². The van der Waals surface area contributed by atoms with Gasteiger partial charge < -0.3 is 20.4 Å². The van der Waals surface area contributed by atoms with Crippen LogP contribution in [0.5, 0.6) is 0 Å². The summed E-state index contributed by atoms with van der Waals surface area (Å²) in [6.07, 6.45) is 0. The number of likely N-dealkylation sites (N-methyl/N-ethyl adjacent to an activating group) is 2. The Hall–Kier alpha value is -2.70. The van der Waals surface area contributed by atoms with Gasteiger partial charge in [0.2, 0.25) is 0 Å². The minimum atomic E-state index is -0.175. The van der Waals surface area contributed by atoms with Crippen LogP contribution in [-0.4, -0.2) is 76.0 Å². The van der Waals surface area contributed by atoms with Gasteiger partial charge in [-0.2, -0.15) is 0 Å². The molecule has 0 aliphatic carbocycles. The summed E-state index contributed by atoms with van der Waals surface area (Å²) in [7, 11) is 7.85. The fourth-order valence-electron chi connectivity index (χ4n) is 3.02. The Morgan fingerprint density at radius 2 is 1.28 bits per heavy atom. The van der Waals surface area contributed by atoms with Gasteiger partial charge in [-0.25, -0.2) is 0 Å². The third kappa shape index (κ3) is 6.69. The minimum absolute atomic E-state index is 0.175. The van der Waals surface area contributed by atoms with E-state index in [0.717, 1.165) is 24.2 Å². The van der Waals surface area contributed by atoms with Gasteiger partial charge in [0.1, 0.15) is 0 Å². The molecule has 0 spiro atoms. The van der Waals surface area contributed by atoms with E-state index in [0.29, 0.717) is 29.8 Å². The van der Waals surface area contributed by atoms with Crippen molar-refractivity contribution in [3.63, 3.8) is 0 Å². The van der Waals surface area contributed by atoms with Crippen LogP contribution in [0.25, 0.3) is 11.1 Å². The van der Waals surface area contributed by atoms with E-state index in [1.54, 1.807) is 18.2 Å². The van der Waals surface area contributed by atoms with E-state index in [4.69, 9.17) is 0 Å². The monoisotopic (exact) mass is 396 g/mol. The Kier molecular flexibility index (Phi) is 8.36. The maximum absolute atomic E-state index is 12.9. The minimum Gasteiger partial charge on any atom is -0.351 e. The van der Waals surface area contributed by atoms with E-state index in [9.17, 15) is 9.59 Å². The Balaban J connectivity index is 2.40. The van der Waals surface area contributed by atoms with E-state index in [-0.39, 0.29) is 11.8 Å². The van der Waals surface area contributed by atoms with Gasteiger partial charge in [-0.15, -0.1) is 0 Å². The van der Waals surface area contributed by atoms with Gasteiger partial charge in [0.25, 0.3) is 11.8 Å². The lowest BCUT2D eigenvalue weighted by atomic mass is 9.92. The largest absolute Gasteiger partial charge is 0.351 e. The first-order valence-electron chi connectivity index (χ1n) is 9.85. The normalized spacial score (nSPS) is 11.0. The maximum atomic E-state index is 12.9. The molecule has 2 rings (SSSR count). The molecular weight excluding hydrogens is 364 g/mol. The molecule has 0 saturated heterocycles. The lowest BCUT2D eigenvalue weighted by Crippen LogP contribution is -2.33. The third-order valence-corrected chi connectivity index (χ3v) is 4.55. The summed E-state index contributed by atoms with van der Waals surface area (Å²) in [5.74, 6) is -0.349.